The van der Waals surface area contributed by atoms with E-state index in [0.717, 1.165) is 24.0 Å². The van der Waals surface area contributed by atoms with Crippen LogP contribution in [0.1, 0.15) is 50.3 Å². The number of rotatable bonds is 6. The molecule has 0 unspecified atom stereocenters. The van der Waals surface area contributed by atoms with Crippen LogP contribution in [0.25, 0.3) is 0 Å². The topological polar surface area (TPSA) is 75.7 Å². The van der Waals surface area contributed by atoms with Crippen molar-refractivity contribution < 1.29 is 19.1 Å². The van der Waals surface area contributed by atoms with Gasteiger partial charge in [0.25, 0.3) is 0 Å². The van der Waals surface area contributed by atoms with E-state index < -0.39 is 0 Å². The van der Waals surface area contributed by atoms with Crippen molar-refractivity contribution in [1.29, 1.82) is 0 Å². The molecule has 1 heterocycles. The molecule has 0 aromatic heterocycles. The summed E-state index contributed by atoms with van der Waals surface area (Å²) in [7, 11) is 0. The minimum Gasteiger partial charge on any atom is -0.466 e. The number of ether oxygens (including phenoxy) is 1. The van der Waals surface area contributed by atoms with Crippen LogP contribution in [0.15, 0.2) is 24.3 Å². The quantitative estimate of drug-likeness (QED) is 0.790. The van der Waals surface area contributed by atoms with Crippen molar-refractivity contribution >= 4 is 17.8 Å². The van der Waals surface area contributed by atoms with Gasteiger partial charge in [-0.1, -0.05) is 29.8 Å². The fourth-order valence-electron chi connectivity index (χ4n) is 3.26. The maximum atomic E-state index is 12.8. The fraction of sp³-hybridized carbons (Fsp3) is 0.550. The Hall–Kier alpha value is -2.37. The van der Waals surface area contributed by atoms with Gasteiger partial charge < -0.3 is 15.0 Å². The minimum atomic E-state index is -0.372. The van der Waals surface area contributed by atoms with Crippen LogP contribution in [0.3, 0.4) is 0 Å². The van der Waals surface area contributed by atoms with Crippen molar-refractivity contribution in [3.63, 3.8) is 0 Å². The zero-order valence-corrected chi connectivity index (χ0v) is 15.8. The summed E-state index contributed by atoms with van der Waals surface area (Å²) in [5, 5.41) is 2.86. The van der Waals surface area contributed by atoms with Crippen LogP contribution >= 0.6 is 0 Å². The molecule has 0 bridgehead atoms. The summed E-state index contributed by atoms with van der Waals surface area (Å²) < 4.78 is 5.09. The Morgan fingerprint density at radius 2 is 1.96 bits per heavy atom. The third-order valence-corrected chi connectivity index (χ3v) is 4.63. The second-order valence-electron chi connectivity index (χ2n) is 6.80. The lowest BCUT2D eigenvalue weighted by atomic mass is 9.96. The maximum absolute atomic E-state index is 12.8. The number of hydrogen-bond acceptors (Lipinski definition) is 4. The van der Waals surface area contributed by atoms with Crippen LogP contribution < -0.4 is 5.32 Å². The van der Waals surface area contributed by atoms with E-state index in [4.69, 9.17) is 4.74 Å². The van der Waals surface area contributed by atoms with Crippen molar-refractivity contribution in [1.82, 2.24) is 10.2 Å². The van der Waals surface area contributed by atoms with Gasteiger partial charge in [0.05, 0.1) is 25.0 Å². The summed E-state index contributed by atoms with van der Waals surface area (Å²) in [4.78, 5) is 38.0. The number of carbonyl (C=O) groups excluding carboxylic acids is 3. The van der Waals surface area contributed by atoms with E-state index in [0.29, 0.717) is 19.7 Å². The average Bonchev–Trinajstić information content (AvgIpc) is 2.61. The molecule has 1 aliphatic heterocycles. The van der Waals surface area contributed by atoms with Gasteiger partial charge >= 0.3 is 5.97 Å². The molecule has 1 fully saturated rings. The molecule has 1 saturated heterocycles. The summed E-state index contributed by atoms with van der Waals surface area (Å²) in [6.45, 7) is 6.59. The SMILES string of the molecule is CCOC(=O)[C@@H]1CCCN(C(=O)C[C@H](NC(C)=O)c2ccc(C)cc2)C1. The molecule has 2 atom stereocenters. The smallest absolute Gasteiger partial charge is 0.310 e. The van der Waals surface area contributed by atoms with Crippen molar-refractivity contribution in [2.75, 3.05) is 19.7 Å². The number of amides is 2. The summed E-state index contributed by atoms with van der Waals surface area (Å²) in [6, 6.07) is 7.42. The highest BCUT2D eigenvalue weighted by atomic mass is 16.5. The van der Waals surface area contributed by atoms with Gasteiger partial charge in [-0.15, -0.1) is 0 Å². The number of piperidine rings is 1. The predicted octanol–water partition coefficient (Wildman–Crippen LogP) is 2.36. The third kappa shape index (κ3) is 5.58. The molecule has 0 aliphatic carbocycles. The molecule has 0 spiro atoms. The third-order valence-electron chi connectivity index (χ3n) is 4.63. The number of aryl methyl sites for hydroxylation is 1. The molecule has 2 rings (SSSR count). The number of benzene rings is 1. The largest absolute Gasteiger partial charge is 0.466 e. The summed E-state index contributed by atoms with van der Waals surface area (Å²) in [5.41, 5.74) is 2.02. The van der Waals surface area contributed by atoms with Gasteiger partial charge in [0.1, 0.15) is 0 Å². The van der Waals surface area contributed by atoms with Crippen molar-refractivity contribution in [2.24, 2.45) is 5.92 Å². The van der Waals surface area contributed by atoms with Crippen molar-refractivity contribution in [3.05, 3.63) is 35.4 Å². The molecule has 2 amide bonds. The van der Waals surface area contributed by atoms with Crippen LogP contribution in [0.5, 0.6) is 0 Å². The van der Waals surface area contributed by atoms with Crippen molar-refractivity contribution in [2.45, 2.75) is 46.1 Å². The van der Waals surface area contributed by atoms with Crippen LogP contribution in [-0.2, 0) is 19.1 Å². The van der Waals surface area contributed by atoms with Gasteiger partial charge in [0, 0.05) is 20.0 Å². The predicted molar refractivity (Wildman–Crippen MR) is 98.3 cm³/mol. The number of likely N-dealkylation sites (tertiary alicyclic amines) is 1. The van der Waals surface area contributed by atoms with Gasteiger partial charge in [0.2, 0.25) is 11.8 Å². The second kappa shape index (κ2) is 9.36. The Kier molecular flexibility index (Phi) is 7.18. The molecule has 1 N–H and O–H groups in total. The molecule has 6 nitrogen and oxygen atoms in total. The lowest BCUT2D eigenvalue weighted by Crippen LogP contribution is -2.44. The second-order valence-corrected chi connectivity index (χ2v) is 6.80. The lowest BCUT2D eigenvalue weighted by molar-refractivity contribution is -0.151. The molecule has 26 heavy (non-hydrogen) atoms. The lowest BCUT2D eigenvalue weighted by Gasteiger charge is -2.32. The van der Waals surface area contributed by atoms with Gasteiger partial charge in [-0.05, 0) is 32.3 Å². The minimum absolute atomic E-state index is 0.0571. The number of nitrogens with zero attached hydrogens (tertiary/aromatic N) is 1. The first-order chi connectivity index (χ1) is 12.4. The average molecular weight is 360 g/mol. The monoisotopic (exact) mass is 360 g/mol. The van der Waals surface area contributed by atoms with E-state index in [-0.39, 0.29) is 36.2 Å². The first kappa shape index (κ1) is 19.9. The van der Waals surface area contributed by atoms with E-state index >= 15 is 0 Å². The zero-order chi connectivity index (χ0) is 19.1. The van der Waals surface area contributed by atoms with Crippen LogP contribution in [0.4, 0.5) is 0 Å². The highest BCUT2D eigenvalue weighted by molar-refractivity contribution is 5.80. The standard InChI is InChI=1S/C20H28N2O4/c1-4-26-20(25)17-6-5-11-22(13-17)19(24)12-18(21-15(3)23)16-9-7-14(2)8-10-16/h7-10,17-18H,4-6,11-13H2,1-3H3,(H,21,23)/t17-,18+/m1/s1. The first-order valence-corrected chi connectivity index (χ1v) is 9.18. The van der Waals surface area contributed by atoms with Gasteiger partial charge in [-0.25, -0.2) is 0 Å². The number of esters is 1. The zero-order valence-electron chi connectivity index (χ0n) is 15.8. The highest BCUT2D eigenvalue weighted by Gasteiger charge is 2.30. The number of carbonyl (C=O) groups is 3. The van der Waals surface area contributed by atoms with E-state index in [1.165, 1.54) is 6.92 Å². The Morgan fingerprint density at radius 1 is 1.27 bits per heavy atom. The Morgan fingerprint density at radius 3 is 2.58 bits per heavy atom. The molecule has 0 radical (unpaired) electrons. The van der Waals surface area contributed by atoms with Gasteiger partial charge in [0.15, 0.2) is 0 Å². The highest BCUT2D eigenvalue weighted by Crippen LogP contribution is 2.23. The maximum Gasteiger partial charge on any atom is 0.310 e. The Labute approximate surface area is 154 Å². The van der Waals surface area contributed by atoms with Crippen molar-refractivity contribution in [3.8, 4) is 0 Å². The van der Waals surface area contributed by atoms with Gasteiger partial charge in [-0.2, -0.15) is 0 Å². The Bertz CT molecular complexity index is 642. The molecule has 1 aromatic rings. The molecule has 142 valence electrons. The summed E-state index contributed by atoms with van der Waals surface area (Å²) >= 11 is 0. The number of hydrogen-bond donors (Lipinski definition) is 1. The first-order valence-electron chi connectivity index (χ1n) is 9.18. The normalized spacial score (nSPS) is 18.1. The molecule has 1 aliphatic rings. The van der Waals surface area contributed by atoms with Gasteiger partial charge in [-0.3, -0.25) is 14.4 Å². The van der Waals surface area contributed by atoms with Crippen LogP contribution in [0.2, 0.25) is 0 Å². The molecule has 6 heteroatoms. The van der Waals surface area contributed by atoms with E-state index in [1.54, 1.807) is 11.8 Å². The van der Waals surface area contributed by atoms with E-state index in [9.17, 15) is 14.4 Å². The molecular weight excluding hydrogens is 332 g/mol. The molecule has 1 aromatic carbocycles. The fourth-order valence-corrected chi connectivity index (χ4v) is 3.26. The summed E-state index contributed by atoms with van der Waals surface area (Å²) in [6.07, 6.45) is 1.71. The van der Waals surface area contributed by atoms with Crippen LogP contribution in [0, 0.1) is 12.8 Å². The summed E-state index contributed by atoms with van der Waals surface area (Å²) in [5.74, 6) is -0.724. The molecule has 0 saturated carbocycles. The number of nitrogens with one attached hydrogen (secondary N) is 1. The van der Waals surface area contributed by atoms with E-state index in [1.807, 2.05) is 31.2 Å². The molecular formula is C20H28N2O4. The van der Waals surface area contributed by atoms with E-state index in [2.05, 4.69) is 5.32 Å². The van der Waals surface area contributed by atoms with Crippen LogP contribution in [-0.4, -0.2) is 42.4 Å². The Balaban J connectivity index is 2.04.